The Labute approximate surface area is 226 Å². The van der Waals surface area contributed by atoms with Crippen molar-refractivity contribution in [1.82, 2.24) is 0 Å². The zero-order valence-electron chi connectivity index (χ0n) is 23.1. The highest BCUT2D eigenvalue weighted by molar-refractivity contribution is 5.95. The van der Waals surface area contributed by atoms with Crippen molar-refractivity contribution in [2.24, 2.45) is 40.4 Å². The predicted molar refractivity (Wildman–Crippen MR) is 132 cm³/mol. The molecule has 0 amide bonds. The van der Waals surface area contributed by atoms with Gasteiger partial charge >= 0.3 is 11.9 Å². The van der Waals surface area contributed by atoms with Crippen molar-refractivity contribution < 1.29 is 53.4 Å². The number of hydrogen-bond acceptors (Lipinski definition) is 11. The number of carbonyl (C=O) groups excluding carboxylic acids is 4. The van der Waals surface area contributed by atoms with E-state index in [0.29, 0.717) is 0 Å². The Balaban J connectivity index is 1.71. The van der Waals surface area contributed by atoms with Crippen LogP contribution in [0.25, 0.3) is 0 Å². The summed E-state index contributed by atoms with van der Waals surface area (Å²) < 4.78 is 23.1. The van der Waals surface area contributed by atoms with E-state index in [4.69, 9.17) is 18.9 Å². The number of aliphatic hydroxyl groups excluding tert-OH is 3. The lowest BCUT2D eigenvalue weighted by molar-refractivity contribution is -0.303. The Morgan fingerprint density at radius 3 is 2.44 bits per heavy atom. The van der Waals surface area contributed by atoms with Crippen LogP contribution in [0.1, 0.15) is 41.0 Å². The molecule has 0 aromatic carbocycles. The van der Waals surface area contributed by atoms with Gasteiger partial charge in [0.1, 0.15) is 24.4 Å². The van der Waals surface area contributed by atoms with Crippen LogP contribution in [-0.2, 0) is 38.1 Å². The molecule has 3 saturated carbocycles. The maximum Gasteiger partial charge on any atom is 0.341 e. The first-order chi connectivity index (χ1) is 18.2. The van der Waals surface area contributed by atoms with Crippen molar-refractivity contribution in [2.45, 2.75) is 77.2 Å². The van der Waals surface area contributed by atoms with Crippen LogP contribution in [0.2, 0.25) is 0 Å². The highest BCUT2D eigenvalue weighted by Gasteiger charge is 2.86. The monoisotopic (exact) mass is 550 g/mol. The van der Waals surface area contributed by atoms with Crippen LogP contribution >= 0.6 is 0 Å². The molecule has 0 aromatic heterocycles. The molecule has 1 spiro atoms. The van der Waals surface area contributed by atoms with Gasteiger partial charge in [0.15, 0.2) is 11.6 Å². The maximum atomic E-state index is 14.2. The quantitative estimate of drug-likeness (QED) is 0.318. The van der Waals surface area contributed by atoms with Crippen LogP contribution < -0.4 is 0 Å². The number of aliphatic hydroxyl groups is 3. The SMILES string of the molecule is COC(=O)[C@]12OC[C@]34[C@H](OC[C@H](OC(=O)/C=C(\C)C(C)C)[C@@H]13)C(=O)[C@H]1[C@H](C)CC(=O)[C@@H](O)[C@]1(C)[C@H]4[C@@H](O)[C@@H]2O. The first kappa shape index (κ1) is 28.4. The van der Waals surface area contributed by atoms with Gasteiger partial charge in [0.05, 0.1) is 32.3 Å². The number of rotatable bonds is 4. The molecule has 2 heterocycles. The van der Waals surface area contributed by atoms with Crippen molar-refractivity contribution in [3.63, 3.8) is 0 Å². The molecule has 2 aliphatic heterocycles. The topological polar surface area (TPSA) is 166 Å². The standard InChI is InChI=1S/C28H38O11/c1-11(2)12(3)8-16(30)39-15-9-37-24-18(31)17-13(4)7-14(29)22(33)26(17,5)21-19(32)23(34)28(25(35)36-6)20(15)27(21,24)10-38-28/h8,11,13,15,17,19-24,32-34H,7,9-10H2,1-6H3/b12-8+/t13-,15+,17-,19-,20-,21-,22-,23+,24-,26+,27+,28+/m1/s1. The van der Waals surface area contributed by atoms with E-state index in [-0.39, 0.29) is 31.3 Å². The van der Waals surface area contributed by atoms with Crippen LogP contribution in [-0.4, -0.2) is 95.3 Å². The molecule has 5 aliphatic rings. The fourth-order valence-corrected chi connectivity index (χ4v) is 8.78. The summed E-state index contributed by atoms with van der Waals surface area (Å²) in [6.45, 7) is 8.34. The number of esters is 2. The molecule has 3 aliphatic carbocycles. The summed E-state index contributed by atoms with van der Waals surface area (Å²) in [7, 11) is 1.11. The minimum atomic E-state index is -2.17. The molecule has 0 radical (unpaired) electrons. The molecule has 39 heavy (non-hydrogen) atoms. The van der Waals surface area contributed by atoms with E-state index in [0.717, 1.165) is 12.7 Å². The van der Waals surface area contributed by atoms with Gasteiger partial charge in [-0.05, 0) is 18.8 Å². The smallest absolute Gasteiger partial charge is 0.341 e. The molecule has 11 nitrogen and oxygen atoms in total. The molecule has 2 bridgehead atoms. The molecule has 5 rings (SSSR count). The Morgan fingerprint density at radius 2 is 1.82 bits per heavy atom. The van der Waals surface area contributed by atoms with Crippen molar-refractivity contribution >= 4 is 23.5 Å². The molecule has 2 saturated heterocycles. The molecule has 0 unspecified atom stereocenters. The van der Waals surface area contributed by atoms with E-state index in [2.05, 4.69) is 0 Å². The summed E-state index contributed by atoms with van der Waals surface area (Å²) in [6.07, 6.45) is -6.22. The van der Waals surface area contributed by atoms with Crippen LogP contribution in [0, 0.1) is 40.4 Å². The Kier molecular flexibility index (Phi) is 6.67. The van der Waals surface area contributed by atoms with Gasteiger partial charge in [-0.15, -0.1) is 0 Å². The van der Waals surface area contributed by atoms with Gasteiger partial charge in [-0.3, -0.25) is 9.59 Å². The minimum absolute atomic E-state index is 0.0218. The van der Waals surface area contributed by atoms with Gasteiger partial charge in [0.25, 0.3) is 0 Å². The summed E-state index contributed by atoms with van der Waals surface area (Å²) in [5, 5.41) is 34.6. The molecule has 216 valence electrons. The molecule has 12 atom stereocenters. The summed E-state index contributed by atoms with van der Waals surface area (Å²) in [4.78, 5) is 53.5. The first-order valence-electron chi connectivity index (χ1n) is 13.5. The third kappa shape index (κ3) is 3.40. The number of fused-ring (bicyclic) bond motifs is 2. The highest BCUT2D eigenvalue weighted by Crippen LogP contribution is 2.72. The van der Waals surface area contributed by atoms with Gasteiger partial charge in [0, 0.05) is 35.2 Å². The summed E-state index contributed by atoms with van der Waals surface area (Å²) in [6, 6.07) is 0. The van der Waals surface area contributed by atoms with E-state index in [1.165, 1.54) is 6.08 Å². The molecule has 11 heteroatoms. The lowest BCUT2D eigenvalue weighted by atomic mass is 9.36. The molecule has 0 aromatic rings. The third-order valence-corrected chi connectivity index (χ3v) is 10.5. The fraction of sp³-hybridized carbons (Fsp3) is 0.786. The van der Waals surface area contributed by atoms with Crippen LogP contribution in [0.15, 0.2) is 11.6 Å². The Morgan fingerprint density at radius 1 is 1.15 bits per heavy atom. The van der Waals surface area contributed by atoms with E-state index < -0.39 is 88.3 Å². The summed E-state index contributed by atoms with van der Waals surface area (Å²) in [5.41, 5.74) is -4.44. The Hall–Kier alpha value is -2.18. The van der Waals surface area contributed by atoms with Crippen molar-refractivity contribution in [3.8, 4) is 0 Å². The average molecular weight is 551 g/mol. The zero-order valence-corrected chi connectivity index (χ0v) is 23.1. The van der Waals surface area contributed by atoms with Crippen molar-refractivity contribution in [2.75, 3.05) is 20.3 Å². The first-order valence-corrected chi connectivity index (χ1v) is 13.5. The van der Waals surface area contributed by atoms with Gasteiger partial charge in [-0.2, -0.15) is 0 Å². The van der Waals surface area contributed by atoms with Gasteiger partial charge in [-0.1, -0.05) is 33.3 Å². The minimum Gasteiger partial charge on any atom is -0.467 e. The summed E-state index contributed by atoms with van der Waals surface area (Å²) >= 11 is 0. The predicted octanol–water partition coefficient (Wildman–Crippen LogP) is -0.0295. The second kappa shape index (κ2) is 9.17. The number of allylic oxidation sites excluding steroid dienone is 1. The van der Waals surface area contributed by atoms with Gasteiger partial charge < -0.3 is 34.3 Å². The normalized spacial score (nSPS) is 48.9. The summed E-state index contributed by atoms with van der Waals surface area (Å²) in [5.74, 6) is -6.07. The van der Waals surface area contributed by atoms with Crippen LogP contribution in [0.4, 0.5) is 0 Å². The van der Waals surface area contributed by atoms with E-state index in [1.807, 2.05) is 13.8 Å². The molecular weight excluding hydrogens is 512 g/mol. The largest absolute Gasteiger partial charge is 0.467 e. The molecule has 3 N–H and O–H groups in total. The van der Waals surface area contributed by atoms with Crippen LogP contribution in [0.3, 0.4) is 0 Å². The molecular formula is C28H38O11. The van der Waals surface area contributed by atoms with E-state index in [9.17, 15) is 34.5 Å². The second-order valence-corrected chi connectivity index (χ2v) is 12.6. The number of hydrogen-bond donors (Lipinski definition) is 3. The maximum absolute atomic E-state index is 14.2. The average Bonchev–Trinajstić information content (AvgIpc) is 3.18. The lowest BCUT2D eigenvalue weighted by Crippen LogP contribution is -2.82. The number of ketones is 2. The highest BCUT2D eigenvalue weighted by atomic mass is 16.6. The van der Waals surface area contributed by atoms with Crippen LogP contribution in [0.5, 0.6) is 0 Å². The van der Waals surface area contributed by atoms with Crippen molar-refractivity contribution in [1.29, 1.82) is 0 Å². The van der Waals surface area contributed by atoms with E-state index in [1.54, 1.807) is 20.8 Å². The number of methoxy groups -OCH3 is 1. The zero-order chi connectivity index (χ0) is 28.8. The number of carbonyl (C=O) groups is 4. The van der Waals surface area contributed by atoms with Gasteiger partial charge in [-0.25, -0.2) is 9.59 Å². The number of Topliss-reactive ketones (excluding diaryl/α,β-unsaturated/α-hetero) is 2. The molecule has 5 fully saturated rings. The third-order valence-electron chi connectivity index (χ3n) is 10.5. The Bertz CT molecular complexity index is 1130. The second-order valence-electron chi connectivity index (χ2n) is 12.6. The van der Waals surface area contributed by atoms with Gasteiger partial charge in [0.2, 0.25) is 5.60 Å². The van der Waals surface area contributed by atoms with Crippen molar-refractivity contribution in [3.05, 3.63) is 11.6 Å². The lowest BCUT2D eigenvalue weighted by Gasteiger charge is -2.68. The fourth-order valence-electron chi connectivity index (χ4n) is 8.78. The number of ether oxygens (including phenoxy) is 4. The van der Waals surface area contributed by atoms with E-state index >= 15 is 0 Å².